The SMILES string of the molecule is CCNC(=O)[C@H](Cc1ccccc1)N(Cc1ccccc1C)C(=O)CN(c1ccc(F)cc1)S(=O)(=O)c1ccc(OC)c(OC)c1. The molecule has 0 bridgehead atoms. The highest BCUT2D eigenvalue weighted by Gasteiger charge is 2.35. The van der Waals surface area contributed by atoms with Crippen molar-refractivity contribution in [1.29, 1.82) is 0 Å². The Labute approximate surface area is 269 Å². The third-order valence-electron chi connectivity index (χ3n) is 7.56. The molecule has 0 saturated heterocycles. The Bertz CT molecular complexity index is 1750. The molecule has 0 spiro atoms. The molecule has 0 heterocycles. The first-order valence-electron chi connectivity index (χ1n) is 14.7. The van der Waals surface area contributed by atoms with Gasteiger partial charge in [-0.05, 0) is 66.9 Å². The Morgan fingerprint density at radius 1 is 0.870 bits per heavy atom. The zero-order valence-corrected chi connectivity index (χ0v) is 27.1. The quantitative estimate of drug-likeness (QED) is 0.204. The van der Waals surface area contributed by atoms with Gasteiger partial charge in [0.05, 0.1) is 24.8 Å². The maximum absolute atomic E-state index is 14.5. The minimum absolute atomic E-state index is 0.0494. The summed E-state index contributed by atoms with van der Waals surface area (Å²) in [4.78, 5) is 29.3. The number of amides is 2. The van der Waals surface area contributed by atoms with Gasteiger partial charge in [0.1, 0.15) is 18.4 Å². The number of anilines is 1. The van der Waals surface area contributed by atoms with E-state index in [9.17, 15) is 22.4 Å². The van der Waals surface area contributed by atoms with Crippen LogP contribution in [0.25, 0.3) is 0 Å². The van der Waals surface area contributed by atoms with E-state index in [-0.39, 0.29) is 35.2 Å². The van der Waals surface area contributed by atoms with Crippen LogP contribution < -0.4 is 19.1 Å². The number of ether oxygens (including phenoxy) is 2. The predicted molar refractivity (Wildman–Crippen MR) is 175 cm³/mol. The minimum Gasteiger partial charge on any atom is -0.493 e. The zero-order chi connectivity index (χ0) is 33.3. The van der Waals surface area contributed by atoms with Gasteiger partial charge >= 0.3 is 0 Å². The Kier molecular flexibility index (Phi) is 11.4. The lowest BCUT2D eigenvalue weighted by molar-refractivity contribution is -0.140. The Balaban J connectivity index is 1.82. The molecule has 2 amide bonds. The van der Waals surface area contributed by atoms with E-state index in [4.69, 9.17) is 9.47 Å². The number of rotatable bonds is 14. The number of sulfonamides is 1. The van der Waals surface area contributed by atoms with Crippen molar-refractivity contribution in [3.8, 4) is 11.5 Å². The second kappa shape index (κ2) is 15.4. The van der Waals surface area contributed by atoms with Gasteiger partial charge in [-0.2, -0.15) is 0 Å². The highest BCUT2D eigenvalue weighted by molar-refractivity contribution is 7.92. The van der Waals surface area contributed by atoms with E-state index in [2.05, 4.69) is 5.32 Å². The molecule has 0 radical (unpaired) electrons. The zero-order valence-electron chi connectivity index (χ0n) is 26.3. The molecule has 46 heavy (non-hydrogen) atoms. The van der Waals surface area contributed by atoms with Gasteiger partial charge in [0.2, 0.25) is 11.8 Å². The number of aryl methyl sites for hydroxylation is 1. The van der Waals surface area contributed by atoms with E-state index in [1.54, 1.807) is 6.92 Å². The number of methoxy groups -OCH3 is 2. The number of hydrogen-bond acceptors (Lipinski definition) is 6. The molecule has 4 rings (SSSR count). The number of carbonyl (C=O) groups is 2. The van der Waals surface area contributed by atoms with E-state index in [1.165, 1.54) is 49.5 Å². The summed E-state index contributed by atoms with van der Waals surface area (Å²) in [6.07, 6.45) is 0.198. The highest BCUT2D eigenvalue weighted by atomic mass is 32.2. The third-order valence-corrected chi connectivity index (χ3v) is 9.33. The molecular weight excluding hydrogens is 609 g/mol. The molecule has 1 N–H and O–H groups in total. The fourth-order valence-corrected chi connectivity index (χ4v) is 6.49. The molecule has 0 aliphatic rings. The molecule has 9 nitrogen and oxygen atoms in total. The average molecular weight is 648 g/mol. The van der Waals surface area contributed by atoms with Gasteiger partial charge in [-0.3, -0.25) is 13.9 Å². The number of benzene rings is 4. The molecule has 242 valence electrons. The van der Waals surface area contributed by atoms with Crippen molar-refractivity contribution in [2.45, 2.75) is 37.8 Å². The summed E-state index contributed by atoms with van der Waals surface area (Å²) in [7, 11) is -1.61. The predicted octanol–water partition coefficient (Wildman–Crippen LogP) is 5.12. The monoisotopic (exact) mass is 647 g/mol. The lowest BCUT2D eigenvalue weighted by Crippen LogP contribution is -2.53. The number of halogens is 1. The number of likely N-dealkylation sites (N-methyl/N-ethyl adjacent to an activating group) is 1. The van der Waals surface area contributed by atoms with E-state index < -0.39 is 34.3 Å². The van der Waals surface area contributed by atoms with E-state index in [0.29, 0.717) is 12.3 Å². The molecule has 4 aromatic carbocycles. The molecule has 0 unspecified atom stereocenters. The van der Waals surface area contributed by atoms with Crippen LogP contribution in [0.1, 0.15) is 23.6 Å². The van der Waals surface area contributed by atoms with Gasteiger partial charge in [0.25, 0.3) is 10.0 Å². The van der Waals surface area contributed by atoms with Crippen molar-refractivity contribution in [1.82, 2.24) is 10.2 Å². The number of nitrogens with zero attached hydrogens (tertiary/aromatic N) is 2. The fraction of sp³-hybridized carbons (Fsp3) is 0.257. The van der Waals surface area contributed by atoms with Crippen LogP contribution in [0.5, 0.6) is 11.5 Å². The summed E-state index contributed by atoms with van der Waals surface area (Å²) in [5.74, 6) is -1.07. The summed E-state index contributed by atoms with van der Waals surface area (Å²) in [5.41, 5.74) is 2.60. The van der Waals surface area contributed by atoms with Crippen molar-refractivity contribution in [3.05, 3.63) is 120 Å². The molecule has 0 fully saturated rings. The molecule has 0 aliphatic carbocycles. The summed E-state index contributed by atoms with van der Waals surface area (Å²) in [6, 6.07) is 24.7. The topological polar surface area (TPSA) is 105 Å². The van der Waals surface area contributed by atoms with Gasteiger partial charge in [-0.25, -0.2) is 12.8 Å². The summed E-state index contributed by atoms with van der Waals surface area (Å²) in [6.45, 7) is 3.41. The van der Waals surface area contributed by atoms with Crippen molar-refractivity contribution < 1.29 is 31.9 Å². The van der Waals surface area contributed by atoms with Crippen LogP contribution in [0, 0.1) is 12.7 Å². The number of hydrogen-bond donors (Lipinski definition) is 1. The minimum atomic E-state index is -4.42. The van der Waals surface area contributed by atoms with Crippen LogP contribution in [0.3, 0.4) is 0 Å². The number of carbonyl (C=O) groups excluding carboxylic acids is 2. The van der Waals surface area contributed by atoms with Crippen molar-refractivity contribution in [3.63, 3.8) is 0 Å². The Morgan fingerprint density at radius 3 is 2.15 bits per heavy atom. The number of nitrogens with one attached hydrogen (secondary N) is 1. The van der Waals surface area contributed by atoms with Gasteiger partial charge in [-0.1, -0.05) is 54.6 Å². The van der Waals surface area contributed by atoms with E-state index in [1.807, 2.05) is 61.5 Å². The summed E-state index contributed by atoms with van der Waals surface area (Å²) < 4.78 is 54.0. The fourth-order valence-electron chi connectivity index (χ4n) is 5.06. The summed E-state index contributed by atoms with van der Waals surface area (Å²) in [5, 5.41) is 2.84. The lowest BCUT2D eigenvalue weighted by Gasteiger charge is -2.34. The maximum atomic E-state index is 14.5. The van der Waals surface area contributed by atoms with Crippen LogP contribution in [-0.2, 0) is 32.6 Å². The molecule has 11 heteroatoms. The maximum Gasteiger partial charge on any atom is 0.264 e. The normalized spacial score (nSPS) is 11.8. The van der Waals surface area contributed by atoms with Crippen molar-refractivity contribution in [2.75, 3.05) is 31.6 Å². The van der Waals surface area contributed by atoms with Crippen LogP contribution in [0.15, 0.2) is 102 Å². The van der Waals surface area contributed by atoms with Gasteiger partial charge in [0, 0.05) is 25.6 Å². The van der Waals surface area contributed by atoms with E-state index in [0.717, 1.165) is 33.1 Å². The van der Waals surface area contributed by atoms with E-state index >= 15 is 0 Å². The Morgan fingerprint density at radius 2 is 1.52 bits per heavy atom. The standard InChI is InChI=1S/C35H38FN3O6S/c1-5-37-35(41)31(21-26-12-7-6-8-13-26)38(23-27-14-10-9-11-25(27)2)34(40)24-39(29-17-15-28(36)16-18-29)46(42,43)30-19-20-32(44-3)33(22-30)45-4/h6-20,22,31H,5,21,23-24H2,1-4H3,(H,37,41)/t31-/m0/s1. The molecule has 1 atom stereocenters. The smallest absolute Gasteiger partial charge is 0.264 e. The van der Waals surface area contributed by atoms with Crippen molar-refractivity contribution >= 4 is 27.5 Å². The molecular formula is C35H38FN3O6S. The average Bonchev–Trinajstić information content (AvgIpc) is 3.06. The van der Waals surface area contributed by atoms with Gasteiger partial charge in [-0.15, -0.1) is 0 Å². The molecule has 0 aromatic heterocycles. The molecule has 0 saturated carbocycles. The van der Waals surface area contributed by atoms with Crippen LogP contribution in [-0.4, -0.2) is 58.5 Å². The van der Waals surface area contributed by atoms with Crippen LogP contribution in [0.4, 0.5) is 10.1 Å². The van der Waals surface area contributed by atoms with Crippen LogP contribution >= 0.6 is 0 Å². The largest absolute Gasteiger partial charge is 0.493 e. The highest BCUT2D eigenvalue weighted by Crippen LogP contribution is 2.32. The molecule has 4 aromatic rings. The van der Waals surface area contributed by atoms with Crippen LogP contribution in [0.2, 0.25) is 0 Å². The third kappa shape index (κ3) is 8.02. The second-order valence-corrected chi connectivity index (χ2v) is 12.4. The first-order valence-corrected chi connectivity index (χ1v) is 16.2. The first-order chi connectivity index (χ1) is 22.1. The van der Waals surface area contributed by atoms with Gasteiger partial charge in [0.15, 0.2) is 11.5 Å². The lowest BCUT2D eigenvalue weighted by atomic mass is 10.0. The van der Waals surface area contributed by atoms with Crippen molar-refractivity contribution in [2.24, 2.45) is 0 Å². The summed E-state index contributed by atoms with van der Waals surface area (Å²) >= 11 is 0. The van der Waals surface area contributed by atoms with Gasteiger partial charge < -0.3 is 19.7 Å². The molecule has 0 aliphatic heterocycles. The second-order valence-electron chi connectivity index (χ2n) is 10.6. The Hall–Kier alpha value is -4.90. The first kappa shape index (κ1) is 34.0.